The van der Waals surface area contributed by atoms with Crippen LogP contribution >= 0.6 is 0 Å². The number of carbonyl (C=O) groups excluding carboxylic acids is 1. The van der Waals surface area contributed by atoms with Gasteiger partial charge in [-0.3, -0.25) is 0 Å². The van der Waals surface area contributed by atoms with Gasteiger partial charge in [0.25, 0.3) is 0 Å². The summed E-state index contributed by atoms with van der Waals surface area (Å²) in [5.74, 6) is 2.76. The van der Waals surface area contributed by atoms with Crippen molar-refractivity contribution >= 4 is 5.97 Å². The highest BCUT2D eigenvalue weighted by Gasteiger charge is 2.23. The first-order valence-electron chi connectivity index (χ1n) is 11.5. The monoisotopic (exact) mass is 392 g/mol. The average molecular weight is 393 g/mol. The van der Waals surface area contributed by atoms with Crippen molar-refractivity contribution in [1.82, 2.24) is 0 Å². The van der Waals surface area contributed by atoms with E-state index in [-0.39, 0.29) is 5.97 Å². The van der Waals surface area contributed by atoms with Gasteiger partial charge in [-0.05, 0) is 91.7 Å². The van der Waals surface area contributed by atoms with Crippen molar-refractivity contribution in [2.45, 2.75) is 78.1 Å². The van der Waals surface area contributed by atoms with Crippen molar-refractivity contribution in [2.24, 2.45) is 11.8 Å². The van der Waals surface area contributed by atoms with Crippen LogP contribution in [-0.2, 0) is 6.42 Å². The number of aryl methyl sites for hydroxylation is 1. The standard InChI is InChI=1S/C27H36O2/c1-4-6-21-7-13-25(14-8-21)27(28)29-26-17-15-24(16-18-26)23-11-9-22(10-12-23)19-20(3)5-2/h7-8,13-18,20,22-23H,4-6,9-12,19H2,1-3H3. The molecule has 1 atom stereocenters. The van der Waals surface area contributed by atoms with Crippen LogP contribution in [0.5, 0.6) is 5.75 Å². The van der Waals surface area contributed by atoms with Crippen molar-refractivity contribution in [3.8, 4) is 5.75 Å². The lowest BCUT2D eigenvalue weighted by Gasteiger charge is -2.30. The Labute approximate surface area is 176 Å². The molecule has 1 aliphatic rings. The van der Waals surface area contributed by atoms with Gasteiger partial charge >= 0.3 is 5.97 Å². The van der Waals surface area contributed by atoms with Crippen molar-refractivity contribution in [3.63, 3.8) is 0 Å². The summed E-state index contributed by atoms with van der Waals surface area (Å²) in [5.41, 5.74) is 3.25. The Bertz CT molecular complexity index is 752. The van der Waals surface area contributed by atoms with Crippen LogP contribution in [0.15, 0.2) is 48.5 Å². The Hall–Kier alpha value is -2.09. The summed E-state index contributed by atoms with van der Waals surface area (Å²) < 4.78 is 5.58. The number of hydrogen-bond donors (Lipinski definition) is 0. The quantitative estimate of drug-likeness (QED) is 0.342. The van der Waals surface area contributed by atoms with Crippen LogP contribution in [0.4, 0.5) is 0 Å². The van der Waals surface area contributed by atoms with Crippen LogP contribution in [-0.4, -0.2) is 5.97 Å². The highest BCUT2D eigenvalue weighted by Crippen LogP contribution is 2.38. The SMILES string of the molecule is CCCc1ccc(C(=O)Oc2ccc(C3CCC(CC(C)CC)CC3)cc2)cc1. The lowest BCUT2D eigenvalue weighted by Crippen LogP contribution is -2.15. The van der Waals surface area contributed by atoms with Gasteiger partial charge in [0.15, 0.2) is 0 Å². The van der Waals surface area contributed by atoms with Crippen molar-refractivity contribution < 1.29 is 9.53 Å². The predicted octanol–water partition coefficient (Wildman–Crippen LogP) is 7.57. The van der Waals surface area contributed by atoms with Crippen LogP contribution in [0.3, 0.4) is 0 Å². The number of rotatable bonds is 8. The number of benzene rings is 2. The molecule has 0 spiro atoms. The normalized spacial score (nSPS) is 20.2. The summed E-state index contributed by atoms with van der Waals surface area (Å²) in [5, 5.41) is 0. The van der Waals surface area contributed by atoms with Gasteiger partial charge in [-0.2, -0.15) is 0 Å². The fraction of sp³-hybridized carbons (Fsp3) is 0.519. The summed E-state index contributed by atoms with van der Waals surface area (Å²) in [4.78, 5) is 12.4. The zero-order valence-electron chi connectivity index (χ0n) is 18.3. The lowest BCUT2D eigenvalue weighted by molar-refractivity contribution is 0.0734. The first-order chi connectivity index (χ1) is 14.1. The average Bonchev–Trinajstić information content (AvgIpc) is 2.75. The molecule has 0 bridgehead atoms. The Morgan fingerprint density at radius 1 is 0.966 bits per heavy atom. The third-order valence-corrected chi connectivity index (χ3v) is 6.57. The molecule has 0 N–H and O–H groups in total. The molecular formula is C27H36O2. The van der Waals surface area contributed by atoms with Gasteiger partial charge in [-0.25, -0.2) is 4.79 Å². The maximum absolute atomic E-state index is 12.4. The van der Waals surface area contributed by atoms with Crippen molar-refractivity contribution in [3.05, 3.63) is 65.2 Å². The van der Waals surface area contributed by atoms with E-state index in [0.717, 1.165) is 24.7 Å². The maximum atomic E-state index is 12.4. The molecule has 1 saturated carbocycles. The predicted molar refractivity (Wildman–Crippen MR) is 121 cm³/mol. The third-order valence-electron chi connectivity index (χ3n) is 6.57. The topological polar surface area (TPSA) is 26.3 Å². The zero-order chi connectivity index (χ0) is 20.6. The molecule has 2 aromatic rings. The summed E-state index contributed by atoms with van der Waals surface area (Å²) in [6, 6.07) is 15.9. The molecule has 29 heavy (non-hydrogen) atoms. The molecule has 2 aromatic carbocycles. The molecule has 156 valence electrons. The Morgan fingerprint density at radius 3 is 2.21 bits per heavy atom. The van der Waals surface area contributed by atoms with Crippen LogP contribution < -0.4 is 4.74 Å². The van der Waals surface area contributed by atoms with E-state index in [4.69, 9.17) is 4.74 Å². The largest absolute Gasteiger partial charge is 0.423 e. The second-order valence-electron chi connectivity index (χ2n) is 8.87. The van der Waals surface area contributed by atoms with E-state index in [1.165, 1.54) is 49.7 Å². The summed E-state index contributed by atoms with van der Waals surface area (Å²) in [6.07, 6.45) is 10.1. The molecule has 0 saturated heterocycles. The van der Waals surface area contributed by atoms with Crippen LogP contribution in [0, 0.1) is 11.8 Å². The van der Waals surface area contributed by atoms with Crippen LogP contribution in [0.2, 0.25) is 0 Å². The minimum absolute atomic E-state index is 0.286. The van der Waals surface area contributed by atoms with Crippen molar-refractivity contribution in [1.29, 1.82) is 0 Å². The van der Waals surface area contributed by atoms with Gasteiger partial charge in [0.05, 0.1) is 5.56 Å². The third kappa shape index (κ3) is 6.19. The molecule has 1 fully saturated rings. The first-order valence-corrected chi connectivity index (χ1v) is 11.5. The Kier molecular flexibility index (Phi) is 7.91. The van der Waals surface area contributed by atoms with Gasteiger partial charge in [-0.1, -0.05) is 57.9 Å². The Morgan fingerprint density at radius 2 is 1.62 bits per heavy atom. The van der Waals surface area contributed by atoms with Gasteiger partial charge in [0.1, 0.15) is 5.75 Å². The smallest absolute Gasteiger partial charge is 0.343 e. The number of hydrogen-bond acceptors (Lipinski definition) is 2. The zero-order valence-corrected chi connectivity index (χ0v) is 18.3. The molecule has 0 radical (unpaired) electrons. The summed E-state index contributed by atoms with van der Waals surface area (Å²) in [6.45, 7) is 6.84. The summed E-state index contributed by atoms with van der Waals surface area (Å²) >= 11 is 0. The second-order valence-corrected chi connectivity index (χ2v) is 8.87. The van der Waals surface area contributed by atoms with Gasteiger partial charge in [0.2, 0.25) is 0 Å². The minimum atomic E-state index is -0.286. The molecule has 0 aromatic heterocycles. The highest BCUT2D eigenvalue weighted by atomic mass is 16.5. The van der Waals surface area contributed by atoms with Crippen LogP contribution in [0.25, 0.3) is 0 Å². The van der Waals surface area contributed by atoms with Gasteiger partial charge in [-0.15, -0.1) is 0 Å². The first kappa shape index (κ1) is 21.6. The van der Waals surface area contributed by atoms with E-state index in [9.17, 15) is 4.79 Å². The fourth-order valence-corrected chi connectivity index (χ4v) is 4.54. The molecule has 1 unspecified atom stereocenters. The van der Waals surface area contributed by atoms with Gasteiger partial charge < -0.3 is 4.74 Å². The Balaban J connectivity index is 1.52. The minimum Gasteiger partial charge on any atom is -0.423 e. The summed E-state index contributed by atoms with van der Waals surface area (Å²) in [7, 11) is 0. The van der Waals surface area contributed by atoms with Gasteiger partial charge in [0, 0.05) is 0 Å². The second kappa shape index (κ2) is 10.6. The van der Waals surface area contributed by atoms with Crippen LogP contribution in [0.1, 0.15) is 93.1 Å². The van der Waals surface area contributed by atoms with E-state index >= 15 is 0 Å². The molecule has 0 amide bonds. The van der Waals surface area contributed by atoms with E-state index in [0.29, 0.717) is 17.2 Å². The van der Waals surface area contributed by atoms with E-state index in [2.05, 4.69) is 32.9 Å². The molecule has 0 aliphatic heterocycles. The molecule has 1 aliphatic carbocycles. The fourth-order valence-electron chi connectivity index (χ4n) is 4.54. The van der Waals surface area contributed by atoms with E-state index < -0.39 is 0 Å². The van der Waals surface area contributed by atoms with E-state index in [1.54, 1.807) is 0 Å². The number of esters is 1. The number of ether oxygens (including phenoxy) is 1. The van der Waals surface area contributed by atoms with E-state index in [1.807, 2.05) is 36.4 Å². The molecule has 3 rings (SSSR count). The molecular weight excluding hydrogens is 356 g/mol. The van der Waals surface area contributed by atoms with Crippen molar-refractivity contribution in [2.75, 3.05) is 0 Å². The highest BCUT2D eigenvalue weighted by molar-refractivity contribution is 5.91. The molecule has 2 heteroatoms. The molecule has 2 nitrogen and oxygen atoms in total. The lowest BCUT2D eigenvalue weighted by atomic mass is 9.75. The molecule has 0 heterocycles. The maximum Gasteiger partial charge on any atom is 0.343 e. The number of carbonyl (C=O) groups is 1.